The van der Waals surface area contributed by atoms with E-state index >= 15 is 0 Å². The highest BCUT2D eigenvalue weighted by Gasteiger charge is 2.39. The summed E-state index contributed by atoms with van der Waals surface area (Å²) in [6, 6.07) is 15.3. The first kappa shape index (κ1) is 21.2. The maximum absolute atomic E-state index is 13.2. The van der Waals surface area contributed by atoms with Gasteiger partial charge < -0.3 is 14.5 Å². The standard InChI is InChI=1S/C23H17F3N2O4/c1-14-7-9-15(10-8-14)19-20(22(30)28(21(19)29)13-18-6-3-11-31-18)27-16-4-2-5-17(12-16)32-23(24,25)26/h2-12,27H,13H2,1H3. The van der Waals surface area contributed by atoms with Crippen molar-refractivity contribution < 1.29 is 31.9 Å². The van der Waals surface area contributed by atoms with Crippen molar-refractivity contribution in [1.29, 1.82) is 0 Å². The van der Waals surface area contributed by atoms with Crippen molar-refractivity contribution in [3.05, 3.63) is 89.5 Å². The number of imide groups is 1. The van der Waals surface area contributed by atoms with Crippen LogP contribution in [0.15, 0.2) is 77.0 Å². The summed E-state index contributed by atoms with van der Waals surface area (Å²) in [5, 5.41) is 2.81. The third-order valence-corrected chi connectivity index (χ3v) is 4.74. The number of aryl methyl sites for hydroxylation is 1. The van der Waals surface area contributed by atoms with Gasteiger partial charge in [-0.05, 0) is 36.8 Å². The Bertz CT molecular complexity index is 1180. The normalized spacial score (nSPS) is 14.3. The fraction of sp³-hybridized carbons (Fsp3) is 0.130. The van der Waals surface area contributed by atoms with Gasteiger partial charge in [0.2, 0.25) is 0 Å². The van der Waals surface area contributed by atoms with Gasteiger partial charge in [-0.2, -0.15) is 0 Å². The molecule has 0 fully saturated rings. The molecule has 2 heterocycles. The first-order valence-electron chi connectivity index (χ1n) is 9.54. The van der Waals surface area contributed by atoms with Crippen molar-refractivity contribution in [2.24, 2.45) is 0 Å². The van der Waals surface area contributed by atoms with E-state index in [0.717, 1.165) is 22.6 Å². The van der Waals surface area contributed by atoms with Gasteiger partial charge in [-0.3, -0.25) is 14.5 Å². The third kappa shape index (κ3) is 4.51. The molecule has 2 amide bonds. The van der Waals surface area contributed by atoms with Gasteiger partial charge in [0.1, 0.15) is 17.2 Å². The summed E-state index contributed by atoms with van der Waals surface area (Å²) in [6.07, 6.45) is -3.43. The van der Waals surface area contributed by atoms with E-state index in [1.54, 1.807) is 36.4 Å². The van der Waals surface area contributed by atoms with Gasteiger partial charge in [-0.15, -0.1) is 13.2 Å². The molecule has 1 aromatic heterocycles. The molecule has 2 aromatic carbocycles. The number of furan rings is 1. The Kier molecular flexibility index (Phi) is 5.48. The number of benzene rings is 2. The number of halogens is 3. The van der Waals surface area contributed by atoms with Crippen molar-refractivity contribution in [1.82, 2.24) is 4.90 Å². The van der Waals surface area contributed by atoms with Crippen LogP contribution >= 0.6 is 0 Å². The zero-order chi connectivity index (χ0) is 22.9. The molecule has 1 aliphatic rings. The second-order valence-electron chi connectivity index (χ2n) is 7.09. The molecule has 4 rings (SSSR count). The summed E-state index contributed by atoms with van der Waals surface area (Å²) in [6.45, 7) is 1.80. The van der Waals surface area contributed by atoms with Crippen LogP contribution < -0.4 is 10.1 Å². The van der Waals surface area contributed by atoms with Crippen LogP contribution in [0.25, 0.3) is 5.57 Å². The van der Waals surface area contributed by atoms with Crippen LogP contribution in [0.4, 0.5) is 18.9 Å². The summed E-state index contributed by atoms with van der Waals surface area (Å²) in [5.74, 6) is -1.20. The smallest absolute Gasteiger partial charge is 0.467 e. The summed E-state index contributed by atoms with van der Waals surface area (Å²) in [5.41, 5.74) is 1.69. The predicted octanol–water partition coefficient (Wildman–Crippen LogP) is 4.88. The molecule has 0 bridgehead atoms. The van der Waals surface area contributed by atoms with E-state index in [9.17, 15) is 22.8 Å². The predicted molar refractivity (Wildman–Crippen MR) is 109 cm³/mol. The van der Waals surface area contributed by atoms with Crippen LogP contribution in [0, 0.1) is 6.92 Å². The number of hydrogen-bond acceptors (Lipinski definition) is 5. The molecule has 1 aliphatic heterocycles. The molecule has 0 saturated heterocycles. The Labute approximate surface area is 180 Å². The van der Waals surface area contributed by atoms with Gasteiger partial charge in [-0.1, -0.05) is 35.9 Å². The highest BCUT2D eigenvalue weighted by molar-refractivity contribution is 6.36. The first-order valence-corrected chi connectivity index (χ1v) is 9.54. The maximum Gasteiger partial charge on any atom is 0.573 e. The van der Waals surface area contributed by atoms with Gasteiger partial charge in [-0.25, -0.2) is 0 Å². The number of carbonyl (C=O) groups excluding carboxylic acids is 2. The second kappa shape index (κ2) is 8.26. The SMILES string of the molecule is Cc1ccc(C2=C(Nc3cccc(OC(F)(F)F)c3)C(=O)N(Cc3ccco3)C2=O)cc1. The lowest BCUT2D eigenvalue weighted by Crippen LogP contribution is -2.31. The zero-order valence-corrected chi connectivity index (χ0v) is 16.8. The molecule has 6 nitrogen and oxygen atoms in total. The summed E-state index contributed by atoms with van der Waals surface area (Å²) >= 11 is 0. The van der Waals surface area contributed by atoms with E-state index < -0.39 is 23.9 Å². The van der Waals surface area contributed by atoms with Crippen LogP contribution in [-0.2, 0) is 16.1 Å². The number of carbonyl (C=O) groups is 2. The average Bonchev–Trinajstić information content (AvgIpc) is 3.31. The molecule has 0 unspecified atom stereocenters. The number of amides is 2. The highest BCUT2D eigenvalue weighted by atomic mass is 19.4. The largest absolute Gasteiger partial charge is 0.573 e. The van der Waals surface area contributed by atoms with Gasteiger partial charge in [0.25, 0.3) is 11.8 Å². The number of nitrogens with zero attached hydrogens (tertiary/aromatic N) is 1. The van der Waals surface area contributed by atoms with Crippen molar-refractivity contribution in [2.75, 3.05) is 5.32 Å². The van der Waals surface area contributed by atoms with E-state index in [0.29, 0.717) is 11.3 Å². The first-order chi connectivity index (χ1) is 15.2. The molecule has 164 valence electrons. The Balaban J connectivity index is 1.71. The minimum Gasteiger partial charge on any atom is -0.467 e. The summed E-state index contributed by atoms with van der Waals surface area (Å²) < 4.78 is 46.9. The van der Waals surface area contributed by atoms with E-state index in [2.05, 4.69) is 10.1 Å². The van der Waals surface area contributed by atoms with Gasteiger partial charge >= 0.3 is 6.36 Å². The van der Waals surface area contributed by atoms with Crippen LogP contribution in [0.5, 0.6) is 5.75 Å². The monoisotopic (exact) mass is 442 g/mol. The van der Waals surface area contributed by atoms with Crippen LogP contribution in [0.3, 0.4) is 0 Å². The third-order valence-electron chi connectivity index (χ3n) is 4.74. The van der Waals surface area contributed by atoms with Crippen LogP contribution in [0.1, 0.15) is 16.9 Å². The lowest BCUT2D eigenvalue weighted by atomic mass is 10.0. The molecular weight excluding hydrogens is 425 g/mol. The van der Waals surface area contributed by atoms with Crippen LogP contribution in [-0.4, -0.2) is 23.1 Å². The molecule has 0 atom stereocenters. The molecule has 0 radical (unpaired) electrons. The number of ether oxygens (including phenoxy) is 1. The number of rotatable bonds is 6. The number of alkyl halides is 3. The maximum atomic E-state index is 13.2. The van der Waals surface area contributed by atoms with E-state index in [4.69, 9.17) is 4.42 Å². The second-order valence-corrected chi connectivity index (χ2v) is 7.09. The number of nitrogens with one attached hydrogen (secondary N) is 1. The average molecular weight is 442 g/mol. The van der Waals surface area contributed by atoms with Crippen molar-refractivity contribution >= 4 is 23.1 Å². The molecule has 0 aliphatic carbocycles. The van der Waals surface area contributed by atoms with Crippen molar-refractivity contribution in [2.45, 2.75) is 19.8 Å². The van der Waals surface area contributed by atoms with E-state index in [-0.39, 0.29) is 23.5 Å². The molecule has 1 N–H and O–H groups in total. The zero-order valence-electron chi connectivity index (χ0n) is 16.8. The molecule has 0 spiro atoms. The quantitative estimate of drug-likeness (QED) is 0.551. The minimum absolute atomic E-state index is 0.0467. The Morgan fingerprint density at radius 1 is 1.00 bits per heavy atom. The highest BCUT2D eigenvalue weighted by Crippen LogP contribution is 2.33. The van der Waals surface area contributed by atoms with Gasteiger partial charge in [0.15, 0.2) is 0 Å². The topological polar surface area (TPSA) is 71.8 Å². The Hall–Kier alpha value is -4.01. The lowest BCUT2D eigenvalue weighted by Gasteiger charge is -2.14. The minimum atomic E-state index is -4.86. The van der Waals surface area contributed by atoms with E-state index in [1.165, 1.54) is 18.4 Å². The van der Waals surface area contributed by atoms with Gasteiger partial charge in [0.05, 0.1) is 18.4 Å². The summed E-state index contributed by atoms with van der Waals surface area (Å²) in [4.78, 5) is 27.3. The molecule has 3 aromatic rings. The molecule has 9 heteroatoms. The fourth-order valence-electron chi connectivity index (χ4n) is 3.30. The summed E-state index contributed by atoms with van der Waals surface area (Å²) in [7, 11) is 0. The lowest BCUT2D eigenvalue weighted by molar-refractivity contribution is -0.274. The number of hydrogen-bond donors (Lipinski definition) is 1. The van der Waals surface area contributed by atoms with Crippen molar-refractivity contribution in [3.63, 3.8) is 0 Å². The van der Waals surface area contributed by atoms with Gasteiger partial charge in [0, 0.05) is 11.8 Å². The van der Waals surface area contributed by atoms with Crippen molar-refractivity contribution in [3.8, 4) is 5.75 Å². The van der Waals surface area contributed by atoms with Crippen LogP contribution in [0.2, 0.25) is 0 Å². The molecule has 32 heavy (non-hydrogen) atoms. The fourth-order valence-corrected chi connectivity index (χ4v) is 3.30. The van der Waals surface area contributed by atoms with E-state index in [1.807, 2.05) is 6.92 Å². The molecular formula is C23H17F3N2O4. The Morgan fingerprint density at radius 3 is 2.41 bits per heavy atom. The Morgan fingerprint density at radius 2 is 1.75 bits per heavy atom. The molecule has 0 saturated carbocycles. The number of anilines is 1.